The van der Waals surface area contributed by atoms with Gasteiger partial charge in [-0.2, -0.15) is 0 Å². The molecule has 0 fully saturated rings. The van der Waals surface area contributed by atoms with Gasteiger partial charge >= 0.3 is 0 Å². The summed E-state index contributed by atoms with van der Waals surface area (Å²) in [7, 11) is 0. The van der Waals surface area contributed by atoms with E-state index in [0.29, 0.717) is 0 Å². The first kappa shape index (κ1) is 12.2. The number of hydrogen-bond donors (Lipinski definition) is 0. The minimum absolute atomic E-state index is 0.411. The van der Waals surface area contributed by atoms with Gasteiger partial charge < -0.3 is 4.74 Å². The van der Waals surface area contributed by atoms with Crippen molar-refractivity contribution < 1.29 is 4.74 Å². The van der Waals surface area contributed by atoms with Crippen molar-refractivity contribution in [2.75, 3.05) is 0 Å². The highest BCUT2D eigenvalue weighted by atomic mass is 16.5. The number of ether oxygens (including phenoxy) is 1. The van der Waals surface area contributed by atoms with Gasteiger partial charge in [0.15, 0.2) is 5.60 Å². The Labute approximate surface area is 124 Å². The van der Waals surface area contributed by atoms with Crippen LogP contribution in [0.5, 0.6) is 5.75 Å². The number of fused-ring (bicyclic) bond motifs is 1. The third-order valence-corrected chi connectivity index (χ3v) is 4.18. The summed E-state index contributed by atoms with van der Waals surface area (Å²) in [4.78, 5) is 0. The summed E-state index contributed by atoms with van der Waals surface area (Å²) in [6, 6.07) is 29.3. The average Bonchev–Trinajstić information content (AvgIpc) is 2.97. The molecule has 21 heavy (non-hydrogen) atoms. The Hall–Kier alpha value is -2.54. The third kappa shape index (κ3) is 1.93. The fourth-order valence-electron chi connectivity index (χ4n) is 3.14. The topological polar surface area (TPSA) is 9.23 Å². The maximum Gasteiger partial charge on any atom is 0.163 e. The fourth-order valence-corrected chi connectivity index (χ4v) is 3.14. The largest absolute Gasteiger partial charge is 0.477 e. The molecule has 1 nitrogen and oxygen atoms in total. The van der Waals surface area contributed by atoms with Crippen LogP contribution in [0.4, 0.5) is 0 Å². The normalized spacial score (nSPS) is 15.2. The van der Waals surface area contributed by atoms with Gasteiger partial charge in [-0.1, -0.05) is 78.9 Å². The number of hydrogen-bond acceptors (Lipinski definition) is 1. The highest BCUT2D eigenvalue weighted by molar-refractivity contribution is 5.48. The molecule has 3 aromatic carbocycles. The van der Waals surface area contributed by atoms with E-state index in [1.54, 1.807) is 0 Å². The molecule has 0 spiro atoms. The van der Waals surface area contributed by atoms with Crippen molar-refractivity contribution in [1.29, 1.82) is 0 Å². The molecule has 0 unspecified atom stereocenters. The molecule has 0 bridgehead atoms. The average molecular weight is 272 g/mol. The fraction of sp³-hybridized carbons (Fsp3) is 0.100. The summed E-state index contributed by atoms with van der Waals surface area (Å²) in [5, 5.41) is 0. The molecule has 0 atom stereocenters. The van der Waals surface area contributed by atoms with Crippen molar-refractivity contribution in [3.8, 4) is 5.75 Å². The second-order valence-electron chi connectivity index (χ2n) is 5.45. The predicted octanol–water partition coefficient (Wildman–Crippen LogP) is 4.57. The van der Waals surface area contributed by atoms with Gasteiger partial charge in [-0.15, -0.1) is 0 Å². The summed E-state index contributed by atoms with van der Waals surface area (Å²) < 4.78 is 6.47. The Morgan fingerprint density at radius 2 is 1.14 bits per heavy atom. The lowest BCUT2D eigenvalue weighted by Crippen LogP contribution is -2.32. The third-order valence-electron chi connectivity index (χ3n) is 4.18. The molecule has 102 valence electrons. The maximum absolute atomic E-state index is 6.47. The standard InChI is InChI=1S/C20H16O/c1-3-10-17(11-4-1)20(18-12-5-2-6-13-18)15-16-9-7-8-14-19(16)21-20/h1-14H,15H2. The summed E-state index contributed by atoms with van der Waals surface area (Å²) in [5.41, 5.74) is 3.26. The number of rotatable bonds is 2. The van der Waals surface area contributed by atoms with Gasteiger partial charge in [0, 0.05) is 17.5 Å². The molecule has 0 saturated carbocycles. The highest BCUT2D eigenvalue weighted by Gasteiger charge is 2.42. The molecule has 1 heterocycles. The van der Waals surface area contributed by atoms with E-state index in [1.165, 1.54) is 16.7 Å². The zero-order valence-electron chi connectivity index (χ0n) is 11.7. The molecule has 0 saturated heterocycles. The van der Waals surface area contributed by atoms with E-state index in [2.05, 4.69) is 66.7 Å². The van der Waals surface area contributed by atoms with Gasteiger partial charge in [-0.25, -0.2) is 0 Å². The minimum atomic E-state index is -0.411. The molecule has 4 rings (SSSR count). The SMILES string of the molecule is c1ccc(C2(c3ccccc3)Cc3ccccc3O2)cc1. The van der Waals surface area contributed by atoms with Crippen molar-refractivity contribution in [1.82, 2.24) is 0 Å². The van der Waals surface area contributed by atoms with Crippen LogP contribution in [0.2, 0.25) is 0 Å². The van der Waals surface area contributed by atoms with Crippen LogP contribution in [0.15, 0.2) is 84.9 Å². The van der Waals surface area contributed by atoms with Crippen molar-refractivity contribution >= 4 is 0 Å². The molecular formula is C20H16O. The van der Waals surface area contributed by atoms with Crippen LogP contribution in [0.3, 0.4) is 0 Å². The molecular weight excluding hydrogens is 256 g/mol. The Bertz CT molecular complexity index is 681. The van der Waals surface area contributed by atoms with Crippen LogP contribution in [0.25, 0.3) is 0 Å². The second kappa shape index (κ2) is 4.78. The summed E-state index contributed by atoms with van der Waals surface area (Å²) in [5.74, 6) is 0.991. The van der Waals surface area contributed by atoms with E-state index in [4.69, 9.17) is 4.74 Å². The van der Waals surface area contributed by atoms with E-state index in [1.807, 2.05) is 18.2 Å². The van der Waals surface area contributed by atoms with Crippen LogP contribution in [-0.4, -0.2) is 0 Å². The lowest BCUT2D eigenvalue weighted by molar-refractivity contribution is 0.140. The molecule has 3 aromatic rings. The first-order chi connectivity index (χ1) is 10.4. The first-order valence-electron chi connectivity index (χ1n) is 7.26. The Kier molecular flexibility index (Phi) is 2.78. The molecule has 0 radical (unpaired) electrons. The summed E-state index contributed by atoms with van der Waals surface area (Å²) in [6.07, 6.45) is 0.872. The Morgan fingerprint density at radius 1 is 0.619 bits per heavy atom. The van der Waals surface area contributed by atoms with E-state index in [-0.39, 0.29) is 0 Å². The molecule has 1 aliphatic heterocycles. The molecule has 0 amide bonds. The Morgan fingerprint density at radius 3 is 1.71 bits per heavy atom. The quantitative estimate of drug-likeness (QED) is 0.664. The van der Waals surface area contributed by atoms with Crippen LogP contribution in [0.1, 0.15) is 16.7 Å². The first-order valence-corrected chi connectivity index (χ1v) is 7.26. The molecule has 0 aromatic heterocycles. The summed E-state index contributed by atoms with van der Waals surface area (Å²) in [6.45, 7) is 0. The lowest BCUT2D eigenvalue weighted by Gasteiger charge is -2.30. The number of para-hydroxylation sites is 1. The molecule has 1 aliphatic rings. The van der Waals surface area contributed by atoms with Crippen LogP contribution in [-0.2, 0) is 12.0 Å². The van der Waals surface area contributed by atoms with Crippen molar-refractivity contribution in [2.24, 2.45) is 0 Å². The van der Waals surface area contributed by atoms with E-state index in [0.717, 1.165) is 12.2 Å². The van der Waals surface area contributed by atoms with Gasteiger partial charge in [0.25, 0.3) is 0 Å². The zero-order valence-corrected chi connectivity index (χ0v) is 11.7. The van der Waals surface area contributed by atoms with E-state index < -0.39 is 5.60 Å². The number of benzene rings is 3. The van der Waals surface area contributed by atoms with Gasteiger partial charge in [-0.05, 0) is 11.6 Å². The van der Waals surface area contributed by atoms with Gasteiger partial charge in [0.05, 0.1) is 0 Å². The second-order valence-corrected chi connectivity index (χ2v) is 5.45. The van der Waals surface area contributed by atoms with E-state index in [9.17, 15) is 0 Å². The molecule has 1 heteroatoms. The summed E-state index contributed by atoms with van der Waals surface area (Å²) >= 11 is 0. The monoisotopic (exact) mass is 272 g/mol. The smallest absolute Gasteiger partial charge is 0.163 e. The van der Waals surface area contributed by atoms with Crippen LogP contribution >= 0.6 is 0 Å². The Balaban J connectivity index is 1.90. The minimum Gasteiger partial charge on any atom is -0.477 e. The molecule has 0 aliphatic carbocycles. The maximum atomic E-state index is 6.47. The van der Waals surface area contributed by atoms with Crippen molar-refractivity contribution in [3.05, 3.63) is 102 Å². The predicted molar refractivity (Wildman–Crippen MR) is 84.4 cm³/mol. The van der Waals surface area contributed by atoms with Crippen LogP contribution < -0.4 is 4.74 Å². The van der Waals surface area contributed by atoms with Crippen LogP contribution in [0, 0.1) is 0 Å². The van der Waals surface area contributed by atoms with Gasteiger partial charge in [0.1, 0.15) is 5.75 Å². The van der Waals surface area contributed by atoms with E-state index >= 15 is 0 Å². The lowest BCUT2D eigenvalue weighted by atomic mass is 9.83. The van der Waals surface area contributed by atoms with Crippen molar-refractivity contribution in [2.45, 2.75) is 12.0 Å². The molecule has 0 N–H and O–H groups in total. The van der Waals surface area contributed by atoms with Crippen molar-refractivity contribution in [3.63, 3.8) is 0 Å². The highest BCUT2D eigenvalue weighted by Crippen LogP contribution is 2.45. The zero-order chi connectivity index (χ0) is 14.1. The van der Waals surface area contributed by atoms with Gasteiger partial charge in [0.2, 0.25) is 0 Å². The van der Waals surface area contributed by atoms with Gasteiger partial charge in [-0.3, -0.25) is 0 Å².